The third-order valence-corrected chi connectivity index (χ3v) is 4.51. The van der Waals surface area contributed by atoms with Gasteiger partial charge in [0.25, 0.3) is 0 Å². The van der Waals surface area contributed by atoms with Gasteiger partial charge in [-0.3, -0.25) is 0 Å². The molecule has 0 bridgehead atoms. The van der Waals surface area contributed by atoms with Crippen molar-refractivity contribution < 1.29 is 9.13 Å². The quantitative estimate of drug-likeness (QED) is 0.392. The molecule has 0 saturated carbocycles. The van der Waals surface area contributed by atoms with Crippen LogP contribution in [0.1, 0.15) is 0 Å². The Labute approximate surface area is 152 Å². The van der Waals surface area contributed by atoms with Crippen molar-refractivity contribution in [3.8, 4) is 23.7 Å². The first-order chi connectivity index (χ1) is 12.7. The van der Waals surface area contributed by atoms with Crippen LogP contribution in [0, 0.1) is 23.7 Å². The van der Waals surface area contributed by atoms with Crippen LogP contribution in [0.4, 0.5) is 0 Å². The van der Waals surface area contributed by atoms with Gasteiger partial charge >= 0.3 is 0 Å². The molecule has 4 rings (SSSR count). The van der Waals surface area contributed by atoms with Crippen molar-refractivity contribution in [1.29, 1.82) is 0 Å². The molecular weight excluding hydrogens is 320 g/mol. The number of imidazole rings is 2. The SMILES string of the molecule is C[n+]1cn(CC#CC#CCn2c[n+](C)c3ccccc32)c2ccccc21. The van der Waals surface area contributed by atoms with Gasteiger partial charge in [0, 0.05) is 0 Å². The highest BCUT2D eigenvalue weighted by molar-refractivity contribution is 5.72. The molecule has 26 heavy (non-hydrogen) atoms. The predicted molar refractivity (Wildman–Crippen MR) is 102 cm³/mol. The van der Waals surface area contributed by atoms with Crippen molar-refractivity contribution in [2.24, 2.45) is 14.1 Å². The van der Waals surface area contributed by atoms with Gasteiger partial charge in [0.1, 0.15) is 0 Å². The Morgan fingerprint density at radius 2 is 1.12 bits per heavy atom. The first-order valence-corrected chi connectivity index (χ1v) is 8.57. The zero-order valence-corrected chi connectivity index (χ0v) is 15.0. The van der Waals surface area contributed by atoms with Gasteiger partial charge in [-0.15, -0.1) is 0 Å². The lowest BCUT2D eigenvalue weighted by atomic mass is 10.3. The van der Waals surface area contributed by atoms with E-state index in [1.54, 1.807) is 0 Å². The van der Waals surface area contributed by atoms with Crippen LogP contribution >= 0.6 is 0 Å². The standard InChI is InChI=1S/C22H20N4/c1-23-17-25(21-13-7-5-11-19(21)23)15-9-3-4-10-16-26-18-24(2)20-12-6-8-14-22(20)26/h5-8,11-14,17-18H,15-16H2,1-2H3/q+2. The number of benzene rings is 2. The van der Waals surface area contributed by atoms with Gasteiger partial charge in [-0.1, -0.05) is 24.3 Å². The van der Waals surface area contributed by atoms with Crippen LogP contribution in [0.25, 0.3) is 22.1 Å². The largest absolute Gasteiger partial charge is 0.245 e. The van der Waals surface area contributed by atoms with E-state index in [-0.39, 0.29) is 0 Å². The molecule has 0 fully saturated rings. The lowest BCUT2D eigenvalue weighted by molar-refractivity contribution is -0.645. The van der Waals surface area contributed by atoms with Crippen molar-refractivity contribution >= 4 is 22.1 Å². The number of fused-ring (bicyclic) bond motifs is 2. The molecule has 2 aromatic heterocycles. The summed E-state index contributed by atoms with van der Waals surface area (Å²) in [7, 11) is 4.10. The molecule has 0 unspecified atom stereocenters. The summed E-state index contributed by atoms with van der Waals surface area (Å²) in [4.78, 5) is 0. The van der Waals surface area contributed by atoms with Gasteiger partial charge in [-0.25, -0.2) is 18.3 Å². The number of aromatic nitrogens is 4. The maximum atomic E-state index is 3.15. The Balaban J connectivity index is 1.47. The molecule has 2 heterocycles. The topological polar surface area (TPSA) is 17.6 Å². The summed E-state index contributed by atoms with van der Waals surface area (Å²) in [6.45, 7) is 1.27. The summed E-state index contributed by atoms with van der Waals surface area (Å²) in [6.07, 6.45) is 4.14. The second kappa shape index (κ2) is 6.78. The number of hydrogen-bond donors (Lipinski definition) is 0. The van der Waals surface area contributed by atoms with Crippen LogP contribution in [0.5, 0.6) is 0 Å². The van der Waals surface area contributed by atoms with E-state index in [9.17, 15) is 0 Å². The summed E-state index contributed by atoms with van der Waals surface area (Å²) in [6, 6.07) is 16.6. The number of para-hydroxylation sites is 4. The monoisotopic (exact) mass is 340 g/mol. The zero-order valence-electron chi connectivity index (χ0n) is 15.0. The second-order valence-electron chi connectivity index (χ2n) is 6.29. The van der Waals surface area contributed by atoms with Crippen LogP contribution in [0.15, 0.2) is 61.2 Å². The fourth-order valence-electron chi connectivity index (χ4n) is 3.27. The average Bonchev–Trinajstić information content (AvgIpc) is 3.16. The highest BCUT2D eigenvalue weighted by Crippen LogP contribution is 2.10. The molecule has 0 saturated heterocycles. The van der Waals surface area contributed by atoms with E-state index >= 15 is 0 Å². The minimum absolute atomic E-state index is 0.636. The minimum Gasteiger partial charge on any atom is -0.233 e. The fourth-order valence-corrected chi connectivity index (χ4v) is 3.27. The molecule has 0 radical (unpaired) electrons. The Morgan fingerprint density at radius 1 is 0.692 bits per heavy atom. The van der Waals surface area contributed by atoms with E-state index in [1.165, 1.54) is 22.1 Å². The Morgan fingerprint density at radius 3 is 1.58 bits per heavy atom. The van der Waals surface area contributed by atoms with Gasteiger partial charge in [-0.05, 0) is 47.9 Å². The summed E-state index contributed by atoms with van der Waals surface area (Å²) >= 11 is 0. The molecule has 0 atom stereocenters. The van der Waals surface area contributed by atoms with Crippen molar-refractivity contribution in [2.75, 3.05) is 0 Å². The summed E-state index contributed by atoms with van der Waals surface area (Å²) in [5.41, 5.74) is 4.77. The highest BCUT2D eigenvalue weighted by Gasteiger charge is 2.11. The zero-order chi connectivity index (χ0) is 17.9. The van der Waals surface area contributed by atoms with E-state index in [2.05, 4.69) is 91.0 Å². The number of hydrogen-bond acceptors (Lipinski definition) is 0. The van der Waals surface area contributed by atoms with Gasteiger partial charge in [0.05, 0.1) is 14.1 Å². The summed E-state index contributed by atoms with van der Waals surface area (Å²) < 4.78 is 8.51. The van der Waals surface area contributed by atoms with E-state index in [0.717, 1.165) is 0 Å². The minimum atomic E-state index is 0.636. The van der Waals surface area contributed by atoms with E-state index in [4.69, 9.17) is 0 Å². The lowest BCUT2D eigenvalue weighted by Crippen LogP contribution is -2.25. The normalized spacial score (nSPS) is 10.4. The average molecular weight is 340 g/mol. The predicted octanol–water partition coefficient (Wildman–Crippen LogP) is 1.95. The van der Waals surface area contributed by atoms with Crippen molar-refractivity contribution in [3.63, 3.8) is 0 Å². The number of aryl methyl sites for hydroxylation is 2. The van der Waals surface area contributed by atoms with E-state index in [0.29, 0.717) is 13.1 Å². The van der Waals surface area contributed by atoms with Crippen LogP contribution in [-0.4, -0.2) is 9.13 Å². The molecule has 0 aliphatic heterocycles. The van der Waals surface area contributed by atoms with Crippen molar-refractivity contribution in [2.45, 2.75) is 13.1 Å². The lowest BCUT2D eigenvalue weighted by Gasteiger charge is -1.89. The summed E-state index contributed by atoms with van der Waals surface area (Å²) in [5, 5.41) is 0. The Kier molecular flexibility index (Phi) is 4.17. The molecule has 0 N–H and O–H groups in total. The highest BCUT2D eigenvalue weighted by atomic mass is 15.1. The maximum absolute atomic E-state index is 3.15. The van der Waals surface area contributed by atoms with Gasteiger partial charge < -0.3 is 0 Å². The van der Waals surface area contributed by atoms with Gasteiger partial charge in [-0.2, -0.15) is 0 Å². The van der Waals surface area contributed by atoms with E-state index in [1.807, 2.05) is 26.2 Å². The van der Waals surface area contributed by atoms with Gasteiger partial charge in [0.2, 0.25) is 12.7 Å². The third kappa shape index (κ3) is 2.94. The molecule has 0 amide bonds. The molecule has 126 valence electrons. The molecule has 4 aromatic rings. The fraction of sp³-hybridized carbons (Fsp3) is 0.182. The molecule has 0 spiro atoms. The molecule has 2 aromatic carbocycles. The molecule has 4 nitrogen and oxygen atoms in total. The first kappa shape index (κ1) is 16.0. The maximum Gasteiger partial charge on any atom is 0.245 e. The Hall–Kier alpha value is -3.50. The van der Waals surface area contributed by atoms with Crippen LogP contribution < -0.4 is 9.13 Å². The molecule has 0 aliphatic carbocycles. The smallest absolute Gasteiger partial charge is 0.233 e. The first-order valence-electron chi connectivity index (χ1n) is 8.57. The molecule has 4 heteroatoms. The molecule has 0 aliphatic rings. The van der Waals surface area contributed by atoms with Crippen LogP contribution in [0.2, 0.25) is 0 Å². The van der Waals surface area contributed by atoms with Gasteiger partial charge in [0.15, 0.2) is 35.2 Å². The Bertz CT molecular complexity index is 1120. The van der Waals surface area contributed by atoms with Crippen LogP contribution in [0.3, 0.4) is 0 Å². The molecular formula is C22H20N4+2. The summed E-state index contributed by atoms with van der Waals surface area (Å²) in [5.74, 6) is 12.2. The second-order valence-corrected chi connectivity index (χ2v) is 6.29. The van der Waals surface area contributed by atoms with Crippen molar-refractivity contribution in [3.05, 3.63) is 61.2 Å². The third-order valence-electron chi connectivity index (χ3n) is 4.51. The number of nitrogens with zero attached hydrogens (tertiary/aromatic N) is 4. The van der Waals surface area contributed by atoms with Crippen LogP contribution in [-0.2, 0) is 27.2 Å². The van der Waals surface area contributed by atoms with Crippen molar-refractivity contribution in [1.82, 2.24) is 9.13 Å². The number of rotatable bonds is 2. The van der Waals surface area contributed by atoms with E-state index < -0.39 is 0 Å².